The third-order valence-electron chi connectivity index (χ3n) is 1.50. The van der Waals surface area contributed by atoms with Crippen LogP contribution >= 0.6 is 11.3 Å². The molecule has 0 atom stereocenters. The molecule has 0 spiro atoms. The number of nitrogens with one attached hydrogen (secondary N) is 1. The molecule has 2 aromatic heterocycles. The highest BCUT2D eigenvalue weighted by atomic mass is 32.1. The van der Waals surface area contributed by atoms with Crippen LogP contribution in [0, 0.1) is 0 Å². The van der Waals surface area contributed by atoms with Gasteiger partial charge in [0.1, 0.15) is 17.0 Å². The van der Waals surface area contributed by atoms with Crippen LogP contribution in [0.15, 0.2) is 17.8 Å². The van der Waals surface area contributed by atoms with Crippen molar-refractivity contribution >= 4 is 27.4 Å². The van der Waals surface area contributed by atoms with E-state index in [2.05, 4.69) is 15.3 Å². The zero-order valence-electron chi connectivity index (χ0n) is 6.03. The van der Waals surface area contributed by atoms with Gasteiger partial charge in [0.2, 0.25) is 0 Å². The molecule has 56 valence electrons. The third kappa shape index (κ3) is 0.952. The Bertz CT molecular complexity index is 368. The highest BCUT2D eigenvalue weighted by Crippen LogP contribution is 2.22. The Hall–Kier alpha value is -1.16. The van der Waals surface area contributed by atoms with Crippen molar-refractivity contribution in [2.45, 2.75) is 0 Å². The zero-order chi connectivity index (χ0) is 7.68. The molecule has 2 rings (SSSR count). The van der Waals surface area contributed by atoms with Gasteiger partial charge in [-0.15, -0.1) is 11.3 Å². The van der Waals surface area contributed by atoms with Crippen LogP contribution in [0.2, 0.25) is 0 Å². The minimum Gasteiger partial charge on any atom is -0.373 e. The summed E-state index contributed by atoms with van der Waals surface area (Å²) in [5, 5.41) is 6.12. The van der Waals surface area contributed by atoms with Gasteiger partial charge in [0.25, 0.3) is 0 Å². The van der Waals surface area contributed by atoms with Crippen LogP contribution in [0.5, 0.6) is 0 Å². The zero-order valence-corrected chi connectivity index (χ0v) is 6.85. The van der Waals surface area contributed by atoms with E-state index < -0.39 is 0 Å². The molecule has 0 saturated carbocycles. The summed E-state index contributed by atoms with van der Waals surface area (Å²) in [5.74, 6) is 0.899. The van der Waals surface area contributed by atoms with Crippen LogP contribution in [-0.4, -0.2) is 17.0 Å². The maximum absolute atomic E-state index is 4.12. The minimum atomic E-state index is 0.899. The number of hydrogen-bond donors (Lipinski definition) is 1. The van der Waals surface area contributed by atoms with Crippen LogP contribution in [0.3, 0.4) is 0 Å². The highest BCUT2D eigenvalue weighted by Gasteiger charge is 2.00. The molecule has 0 aliphatic heterocycles. The quantitative estimate of drug-likeness (QED) is 0.699. The van der Waals surface area contributed by atoms with Crippen molar-refractivity contribution < 1.29 is 0 Å². The van der Waals surface area contributed by atoms with E-state index in [0.29, 0.717) is 0 Å². The molecule has 0 fully saturated rings. The summed E-state index contributed by atoms with van der Waals surface area (Å²) in [4.78, 5) is 9.23. The number of nitrogens with zero attached hydrogens (tertiary/aromatic N) is 2. The van der Waals surface area contributed by atoms with Crippen molar-refractivity contribution in [2.75, 3.05) is 12.4 Å². The Balaban J connectivity index is 2.79. The van der Waals surface area contributed by atoms with Crippen molar-refractivity contribution in [3.05, 3.63) is 17.8 Å². The number of thiophene rings is 1. The molecule has 0 aromatic carbocycles. The van der Waals surface area contributed by atoms with Crippen molar-refractivity contribution in [3.8, 4) is 0 Å². The van der Waals surface area contributed by atoms with Gasteiger partial charge in [-0.25, -0.2) is 9.97 Å². The summed E-state index contributed by atoms with van der Waals surface area (Å²) in [6.07, 6.45) is 1.57. The Kier molecular flexibility index (Phi) is 1.47. The van der Waals surface area contributed by atoms with E-state index >= 15 is 0 Å². The number of fused-ring (bicyclic) bond motifs is 1. The summed E-state index contributed by atoms with van der Waals surface area (Å²) >= 11 is 1.63. The predicted octanol–water partition coefficient (Wildman–Crippen LogP) is 1.73. The lowest BCUT2D eigenvalue weighted by atomic mass is 10.4. The van der Waals surface area contributed by atoms with Gasteiger partial charge in [-0.2, -0.15) is 0 Å². The molecular weight excluding hydrogens is 158 g/mol. The summed E-state index contributed by atoms with van der Waals surface area (Å²) < 4.78 is 0. The van der Waals surface area contributed by atoms with E-state index in [9.17, 15) is 0 Å². The van der Waals surface area contributed by atoms with Gasteiger partial charge in [-0.3, -0.25) is 0 Å². The lowest BCUT2D eigenvalue weighted by Crippen LogP contribution is -1.92. The molecule has 1 N–H and O–H groups in total. The summed E-state index contributed by atoms with van der Waals surface area (Å²) in [6.45, 7) is 0. The molecule has 4 heteroatoms. The first kappa shape index (κ1) is 6.54. The molecule has 2 aromatic rings. The summed E-state index contributed by atoms with van der Waals surface area (Å²) in [5.41, 5.74) is 0. The summed E-state index contributed by atoms with van der Waals surface area (Å²) in [6, 6.07) is 2.02. The van der Waals surface area contributed by atoms with E-state index in [1.54, 1.807) is 17.7 Å². The number of aromatic nitrogens is 2. The smallest absolute Gasteiger partial charge is 0.137 e. The first-order valence-electron chi connectivity index (χ1n) is 3.28. The monoisotopic (exact) mass is 165 g/mol. The van der Waals surface area contributed by atoms with Gasteiger partial charge in [-0.1, -0.05) is 0 Å². The third-order valence-corrected chi connectivity index (χ3v) is 2.32. The van der Waals surface area contributed by atoms with Crippen LogP contribution < -0.4 is 5.32 Å². The lowest BCUT2D eigenvalue weighted by molar-refractivity contribution is 1.22. The first-order valence-corrected chi connectivity index (χ1v) is 4.16. The van der Waals surface area contributed by atoms with Crippen LogP contribution in [0.25, 0.3) is 10.2 Å². The molecule has 2 heterocycles. The van der Waals surface area contributed by atoms with Gasteiger partial charge in [0.15, 0.2) is 0 Å². The average Bonchev–Trinajstić information content (AvgIpc) is 2.50. The van der Waals surface area contributed by atoms with Crippen LogP contribution in [0.1, 0.15) is 0 Å². The Labute approximate surface area is 68.1 Å². The topological polar surface area (TPSA) is 37.8 Å². The van der Waals surface area contributed by atoms with Crippen molar-refractivity contribution in [2.24, 2.45) is 0 Å². The molecule has 0 unspecified atom stereocenters. The fourth-order valence-electron chi connectivity index (χ4n) is 0.989. The molecule has 11 heavy (non-hydrogen) atoms. The maximum Gasteiger partial charge on any atom is 0.137 e. The van der Waals surface area contributed by atoms with Crippen LogP contribution in [0.4, 0.5) is 5.82 Å². The molecule has 0 amide bonds. The number of rotatable bonds is 1. The molecular formula is C7H7N3S. The van der Waals surface area contributed by atoms with E-state index in [-0.39, 0.29) is 0 Å². The standard InChI is InChI=1S/C7H7N3S/c1-8-6-5-2-3-11-7(5)10-4-9-6/h2-4H,1H3,(H,8,9,10). The van der Waals surface area contributed by atoms with Gasteiger partial charge >= 0.3 is 0 Å². The molecule has 0 saturated heterocycles. The van der Waals surface area contributed by atoms with E-state index in [1.165, 1.54) is 0 Å². The first-order chi connectivity index (χ1) is 5.42. The van der Waals surface area contributed by atoms with Gasteiger partial charge < -0.3 is 5.32 Å². The normalized spacial score (nSPS) is 10.3. The fourth-order valence-corrected chi connectivity index (χ4v) is 1.72. The second-order valence-electron chi connectivity index (χ2n) is 2.11. The molecule has 0 bridgehead atoms. The molecule has 0 aliphatic carbocycles. The Morgan fingerprint density at radius 3 is 3.18 bits per heavy atom. The lowest BCUT2D eigenvalue weighted by Gasteiger charge is -1.97. The van der Waals surface area contributed by atoms with Gasteiger partial charge in [0.05, 0.1) is 5.39 Å². The van der Waals surface area contributed by atoms with E-state index in [0.717, 1.165) is 16.0 Å². The Morgan fingerprint density at radius 2 is 2.36 bits per heavy atom. The maximum atomic E-state index is 4.12. The largest absolute Gasteiger partial charge is 0.373 e. The van der Waals surface area contributed by atoms with Gasteiger partial charge in [0, 0.05) is 7.05 Å². The molecule has 0 aliphatic rings. The summed E-state index contributed by atoms with van der Waals surface area (Å²) in [7, 11) is 1.86. The SMILES string of the molecule is CNc1ncnc2sccc12. The van der Waals surface area contributed by atoms with Crippen molar-refractivity contribution in [1.82, 2.24) is 9.97 Å². The van der Waals surface area contributed by atoms with Crippen molar-refractivity contribution in [1.29, 1.82) is 0 Å². The van der Waals surface area contributed by atoms with Crippen LogP contribution in [-0.2, 0) is 0 Å². The molecule has 0 radical (unpaired) electrons. The fraction of sp³-hybridized carbons (Fsp3) is 0.143. The van der Waals surface area contributed by atoms with Crippen molar-refractivity contribution in [3.63, 3.8) is 0 Å². The number of hydrogen-bond acceptors (Lipinski definition) is 4. The highest BCUT2D eigenvalue weighted by molar-refractivity contribution is 7.16. The van der Waals surface area contributed by atoms with E-state index in [4.69, 9.17) is 0 Å². The second-order valence-corrected chi connectivity index (χ2v) is 3.01. The van der Waals surface area contributed by atoms with Gasteiger partial charge in [-0.05, 0) is 11.4 Å². The number of anilines is 1. The second kappa shape index (κ2) is 2.47. The minimum absolute atomic E-state index is 0.899. The predicted molar refractivity (Wildman–Crippen MR) is 47.0 cm³/mol. The Morgan fingerprint density at radius 1 is 1.45 bits per heavy atom. The van der Waals surface area contributed by atoms with E-state index in [1.807, 2.05) is 18.5 Å². The molecule has 3 nitrogen and oxygen atoms in total. The average molecular weight is 165 g/mol.